The molecule has 0 fully saturated rings. The van der Waals surface area contributed by atoms with E-state index in [-0.39, 0.29) is 12.5 Å². The molecular weight excluding hydrogens is 855 g/mol. The van der Waals surface area contributed by atoms with Crippen molar-refractivity contribution in [3.05, 3.63) is 48.6 Å². The van der Waals surface area contributed by atoms with Crippen LogP contribution in [0.5, 0.6) is 0 Å². The number of nitrogens with one attached hydrogen (secondary N) is 1. The standard InChI is InChI=1S/C66H125NO3/c1-3-5-7-9-11-13-15-17-19-21-23-25-27-29-31-32-33-34-36-37-39-41-43-45-47-49-51-53-55-57-59-61-65(69)64(63-68)67-66(70)62-60-58-56-54-52-50-48-46-44-42-40-38-35-30-28-26-24-22-20-18-16-14-12-10-8-6-4-2/h16,18,22,24,51,53,59,61,64-65,68-69H,3-15,17,19-21,23,25-50,52,54-58,60,62-63H2,1-2H3,(H,67,70)/b18-16-,24-22-,53-51+,61-59+. The Morgan fingerprint density at radius 3 is 0.914 bits per heavy atom. The summed E-state index contributed by atoms with van der Waals surface area (Å²) in [5.74, 6) is -0.0695. The van der Waals surface area contributed by atoms with E-state index in [4.69, 9.17) is 0 Å². The zero-order valence-corrected chi connectivity index (χ0v) is 47.6. The van der Waals surface area contributed by atoms with E-state index in [1.54, 1.807) is 6.08 Å². The van der Waals surface area contributed by atoms with Crippen LogP contribution in [-0.2, 0) is 4.79 Å². The highest BCUT2D eigenvalue weighted by Gasteiger charge is 2.18. The molecule has 4 heteroatoms. The topological polar surface area (TPSA) is 69.6 Å². The summed E-state index contributed by atoms with van der Waals surface area (Å²) < 4.78 is 0. The molecule has 412 valence electrons. The van der Waals surface area contributed by atoms with Crippen molar-refractivity contribution >= 4 is 5.91 Å². The molecule has 4 nitrogen and oxygen atoms in total. The van der Waals surface area contributed by atoms with E-state index < -0.39 is 12.1 Å². The summed E-state index contributed by atoms with van der Waals surface area (Å²) in [5.41, 5.74) is 0. The third-order valence-electron chi connectivity index (χ3n) is 14.8. The third kappa shape index (κ3) is 57.3. The molecule has 0 aromatic heterocycles. The maximum atomic E-state index is 12.5. The largest absolute Gasteiger partial charge is 0.394 e. The summed E-state index contributed by atoms with van der Waals surface area (Å²) in [5, 5.41) is 23.2. The van der Waals surface area contributed by atoms with Crippen LogP contribution in [0.4, 0.5) is 0 Å². The number of rotatable bonds is 59. The van der Waals surface area contributed by atoms with E-state index in [9.17, 15) is 15.0 Å². The van der Waals surface area contributed by atoms with E-state index in [0.29, 0.717) is 6.42 Å². The summed E-state index contributed by atoms with van der Waals surface area (Å²) in [6.07, 6.45) is 86.0. The fourth-order valence-electron chi connectivity index (χ4n) is 9.94. The summed E-state index contributed by atoms with van der Waals surface area (Å²) in [6.45, 7) is 4.32. The second-order valence-corrected chi connectivity index (χ2v) is 21.8. The first-order chi connectivity index (χ1) is 34.7. The molecule has 2 atom stereocenters. The molecule has 0 heterocycles. The molecule has 0 bridgehead atoms. The zero-order chi connectivity index (χ0) is 50.6. The van der Waals surface area contributed by atoms with Gasteiger partial charge in [0.25, 0.3) is 0 Å². The maximum absolute atomic E-state index is 12.5. The first-order valence-corrected chi connectivity index (χ1v) is 31.9. The molecule has 0 rings (SSSR count). The van der Waals surface area contributed by atoms with E-state index in [0.717, 1.165) is 38.5 Å². The predicted octanol–water partition coefficient (Wildman–Crippen LogP) is 21.4. The molecule has 0 aromatic rings. The Balaban J connectivity index is 3.48. The molecule has 70 heavy (non-hydrogen) atoms. The zero-order valence-electron chi connectivity index (χ0n) is 47.6. The number of carbonyl (C=O) groups is 1. The first-order valence-electron chi connectivity index (χ1n) is 31.9. The van der Waals surface area contributed by atoms with Crippen molar-refractivity contribution in [3.8, 4) is 0 Å². The highest BCUT2D eigenvalue weighted by molar-refractivity contribution is 5.76. The predicted molar refractivity (Wildman–Crippen MR) is 313 cm³/mol. The van der Waals surface area contributed by atoms with Crippen LogP contribution in [0.25, 0.3) is 0 Å². The number of aliphatic hydroxyl groups excluding tert-OH is 2. The fourth-order valence-corrected chi connectivity index (χ4v) is 9.94. The molecule has 0 radical (unpaired) electrons. The van der Waals surface area contributed by atoms with Gasteiger partial charge in [0.1, 0.15) is 0 Å². The lowest BCUT2D eigenvalue weighted by Gasteiger charge is -2.19. The average molecular weight is 981 g/mol. The number of carbonyl (C=O) groups excluding carboxylic acids is 1. The monoisotopic (exact) mass is 980 g/mol. The molecule has 0 aliphatic heterocycles. The van der Waals surface area contributed by atoms with Gasteiger partial charge in [0.05, 0.1) is 18.8 Å². The minimum Gasteiger partial charge on any atom is -0.394 e. The van der Waals surface area contributed by atoms with Crippen molar-refractivity contribution in [2.45, 2.75) is 360 Å². The van der Waals surface area contributed by atoms with E-state index in [2.05, 4.69) is 55.6 Å². The summed E-state index contributed by atoms with van der Waals surface area (Å²) >= 11 is 0. The molecule has 2 unspecified atom stereocenters. The maximum Gasteiger partial charge on any atom is 0.220 e. The highest BCUT2D eigenvalue weighted by atomic mass is 16.3. The van der Waals surface area contributed by atoms with Crippen molar-refractivity contribution in [1.29, 1.82) is 0 Å². The second kappa shape index (κ2) is 61.6. The van der Waals surface area contributed by atoms with Gasteiger partial charge in [-0.25, -0.2) is 0 Å². The molecule has 0 saturated heterocycles. The number of hydrogen-bond acceptors (Lipinski definition) is 3. The Morgan fingerprint density at radius 1 is 0.343 bits per heavy atom. The molecule has 3 N–H and O–H groups in total. The van der Waals surface area contributed by atoms with Crippen LogP contribution in [0.3, 0.4) is 0 Å². The summed E-state index contributed by atoms with van der Waals surface area (Å²) in [6, 6.07) is -0.641. The van der Waals surface area contributed by atoms with Crippen LogP contribution >= 0.6 is 0 Å². The lowest BCUT2D eigenvalue weighted by molar-refractivity contribution is -0.123. The van der Waals surface area contributed by atoms with Crippen LogP contribution in [0.15, 0.2) is 48.6 Å². The molecule has 1 amide bonds. The normalized spacial score (nSPS) is 13.0. The van der Waals surface area contributed by atoms with Gasteiger partial charge < -0.3 is 15.5 Å². The Labute approximate surface area is 439 Å². The van der Waals surface area contributed by atoms with E-state index >= 15 is 0 Å². The number of allylic oxidation sites excluding steroid dienone is 7. The van der Waals surface area contributed by atoms with Gasteiger partial charge in [0, 0.05) is 6.42 Å². The molecule has 0 spiro atoms. The van der Waals surface area contributed by atoms with Gasteiger partial charge in [-0.2, -0.15) is 0 Å². The molecule has 0 saturated carbocycles. The van der Waals surface area contributed by atoms with Crippen LogP contribution in [0, 0.1) is 0 Å². The Morgan fingerprint density at radius 2 is 0.600 bits per heavy atom. The first kappa shape index (κ1) is 68.4. The van der Waals surface area contributed by atoms with E-state index in [1.165, 1.54) is 289 Å². The Bertz CT molecular complexity index is 1110. The van der Waals surface area contributed by atoms with Gasteiger partial charge in [0.15, 0.2) is 0 Å². The van der Waals surface area contributed by atoms with Crippen LogP contribution < -0.4 is 5.32 Å². The fraction of sp³-hybridized carbons (Fsp3) is 0.864. The van der Waals surface area contributed by atoms with Gasteiger partial charge >= 0.3 is 0 Å². The SMILES string of the molecule is CCCCCCC/C=C\C/C=C\CCCCCCCCCCCCCCCCCC(=O)NC(CO)C(O)/C=C/CC/C=C/CCCCCCCCCCCCCCCCCCCCCCCCCCC. The lowest BCUT2D eigenvalue weighted by atomic mass is 10.0. The van der Waals surface area contributed by atoms with Crippen LogP contribution in [-0.4, -0.2) is 34.9 Å². The van der Waals surface area contributed by atoms with Gasteiger partial charge in [-0.1, -0.05) is 326 Å². The summed E-state index contributed by atoms with van der Waals surface area (Å²) in [7, 11) is 0. The Kier molecular flexibility index (Phi) is 60.2. The number of unbranched alkanes of at least 4 members (excludes halogenated alkanes) is 46. The molecule has 0 aliphatic rings. The van der Waals surface area contributed by atoms with Crippen molar-refractivity contribution in [2.24, 2.45) is 0 Å². The van der Waals surface area contributed by atoms with Crippen molar-refractivity contribution in [3.63, 3.8) is 0 Å². The van der Waals surface area contributed by atoms with Crippen molar-refractivity contribution in [2.75, 3.05) is 6.61 Å². The smallest absolute Gasteiger partial charge is 0.220 e. The van der Waals surface area contributed by atoms with Crippen LogP contribution in [0.2, 0.25) is 0 Å². The van der Waals surface area contributed by atoms with Gasteiger partial charge in [-0.3, -0.25) is 4.79 Å². The summed E-state index contributed by atoms with van der Waals surface area (Å²) in [4.78, 5) is 12.5. The third-order valence-corrected chi connectivity index (χ3v) is 14.8. The molecular formula is C66H125NO3. The van der Waals surface area contributed by atoms with Gasteiger partial charge in [-0.15, -0.1) is 0 Å². The lowest BCUT2D eigenvalue weighted by Crippen LogP contribution is -2.45. The average Bonchev–Trinajstić information content (AvgIpc) is 3.36. The van der Waals surface area contributed by atoms with Gasteiger partial charge in [-0.05, 0) is 64.2 Å². The highest BCUT2D eigenvalue weighted by Crippen LogP contribution is 2.18. The number of hydrogen-bond donors (Lipinski definition) is 3. The number of amides is 1. The van der Waals surface area contributed by atoms with Crippen molar-refractivity contribution in [1.82, 2.24) is 5.32 Å². The van der Waals surface area contributed by atoms with E-state index in [1.807, 2.05) is 6.08 Å². The molecule has 0 aliphatic carbocycles. The van der Waals surface area contributed by atoms with Crippen molar-refractivity contribution < 1.29 is 15.0 Å². The quantitative estimate of drug-likeness (QED) is 0.0420. The minimum absolute atomic E-state index is 0.0695. The van der Waals surface area contributed by atoms with Gasteiger partial charge in [0.2, 0.25) is 5.91 Å². The molecule has 0 aromatic carbocycles. The minimum atomic E-state index is -0.864. The number of aliphatic hydroxyl groups is 2. The second-order valence-electron chi connectivity index (χ2n) is 21.8. The Hall–Kier alpha value is -1.65. The van der Waals surface area contributed by atoms with Crippen LogP contribution in [0.1, 0.15) is 348 Å².